The maximum Gasteiger partial charge on any atom is 0.222 e. The van der Waals surface area contributed by atoms with Crippen molar-refractivity contribution in [2.24, 2.45) is 0 Å². The van der Waals surface area contributed by atoms with Crippen LogP contribution in [0.2, 0.25) is 0 Å². The third-order valence-electron chi connectivity index (χ3n) is 2.57. The lowest BCUT2D eigenvalue weighted by Gasteiger charge is -2.15. The molecule has 1 heterocycles. The van der Waals surface area contributed by atoms with Gasteiger partial charge < -0.3 is 10.2 Å². The monoisotopic (exact) mass is 327 g/mol. The van der Waals surface area contributed by atoms with E-state index in [2.05, 4.69) is 17.2 Å². The average Bonchev–Trinajstić information content (AvgIpc) is 2.77. The van der Waals surface area contributed by atoms with Crippen LogP contribution in [0, 0.1) is 0 Å². The van der Waals surface area contributed by atoms with E-state index >= 15 is 0 Å². The topological polar surface area (TPSA) is 45.2 Å². The Morgan fingerprint density at radius 3 is 2.68 bits per heavy atom. The lowest BCUT2D eigenvalue weighted by atomic mass is 10.3. The molecule has 112 valence electrons. The molecule has 0 bridgehead atoms. The molecule has 0 spiro atoms. The molecule has 0 aromatic carbocycles. The second-order valence-electron chi connectivity index (χ2n) is 4.03. The van der Waals surface area contributed by atoms with Crippen molar-refractivity contribution >= 4 is 42.1 Å². The summed E-state index contributed by atoms with van der Waals surface area (Å²) in [6.07, 6.45) is 4.40. The minimum atomic E-state index is 0. The van der Waals surface area contributed by atoms with Gasteiger partial charge in [-0.2, -0.15) is 0 Å². The molecule has 0 fully saturated rings. The first-order valence-electron chi connectivity index (χ1n) is 5.99. The third kappa shape index (κ3) is 7.72. The van der Waals surface area contributed by atoms with Gasteiger partial charge in [-0.3, -0.25) is 4.79 Å². The molecule has 0 radical (unpaired) electrons. The molecule has 19 heavy (non-hydrogen) atoms. The molecule has 0 saturated heterocycles. The van der Waals surface area contributed by atoms with Crippen LogP contribution >= 0.6 is 36.2 Å². The molecule has 0 unspecified atom stereocenters. The number of amides is 1. The van der Waals surface area contributed by atoms with Gasteiger partial charge in [0.05, 0.1) is 6.54 Å². The Morgan fingerprint density at radius 1 is 1.47 bits per heavy atom. The van der Waals surface area contributed by atoms with Gasteiger partial charge >= 0.3 is 0 Å². The summed E-state index contributed by atoms with van der Waals surface area (Å²) in [6.45, 7) is 3.63. The van der Waals surface area contributed by atoms with Gasteiger partial charge in [-0.15, -0.1) is 36.2 Å². The van der Waals surface area contributed by atoms with Crippen LogP contribution in [0.15, 0.2) is 6.20 Å². The second-order valence-corrected chi connectivity index (χ2v) is 5.23. The van der Waals surface area contributed by atoms with Crippen molar-refractivity contribution in [2.75, 3.05) is 20.6 Å². The Bertz CT molecular complexity index is 360. The highest BCUT2D eigenvalue weighted by Crippen LogP contribution is 2.15. The number of aryl methyl sites for hydroxylation is 1. The molecule has 1 aromatic heterocycles. The summed E-state index contributed by atoms with van der Waals surface area (Å²) in [4.78, 5) is 19.1. The number of nitrogens with one attached hydrogen (secondary N) is 1. The number of halogens is 2. The fraction of sp³-hybridized carbons (Fsp3) is 0.667. The van der Waals surface area contributed by atoms with Gasteiger partial charge in [-0.25, -0.2) is 4.98 Å². The summed E-state index contributed by atoms with van der Waals surface area (Å²) in [5, 5.41) is 4.06. The number of rotatable bonds is 7. The Balaban J connectivity index is 0. The van der Waals surface area contributed by atoms with E-state index in [4.69, 9.17) is 0 Å². The van der Waals surface area contributed by atoms with Gasteiger partial charge in [0, 0.05) is 24.5 Å². The van der Waals surface area contributed by atoms with Crippen molar-refractivity contribution in [1.82, 2.24) is 15.2 Å². The van der Waals surface area contributed by atoms with E-state index in [1.807, 2.05) is 20.3 Å². The maximum absolute atomic E-state index is 11.8. The van der Waals surface area contributed by atoms with E-state index < -0.39 is 0 Å². The van der Waals surface area contributed by atoms with Crippen molar-refractivity contribution in [3.63, 3.8) is 0 Å². The quantitative estimate of drug-likeness (QED) is 0.782. The molecule has 0 aliphatic heterocycles. The first-order chi connectivity index (χ1) is 8.17. The van der Waals surface area contributed by atoms with Crippen LogP contribution in [0.25, 0.3) is 0 Å². The van der Waals surface area contributed by atoms with Gasteiger partial charge in [-0.05, 0) is 26.4 Å². The largest absolute Gasteiger partial charge is 0.339 e. The molecule has 0 aliphatic rings. The highest BCUT2D eigenvalue weighted by atomic mass is 35.5. The lowest BCUT2D eigenvalue weighted by Crippen LogP contribution is -2.26. The molecule has 0 saturated carbocycles. The molecule has 1 N–H and O–H groups in total. The van der Waals surface area contributed by atoms with Crippen LogP contribution in [-0.4, -0.2) is 36.4 Å². The molecule has 1 rings (SSSR count). The van der Waals surface area contributed by atoms with E-state index in [9.17, 15) is 4.79 Å². The number of hydrogen-bond acceptors (Lipinski definition) is 4. The summed E-state index contributed by atoms with van der Waals surface area (Å²) in [6, 6.07) is 0. The summed E-state index contributed by atoms with van der Waals surface area (Å²) < 4.78 is 0. The Kier molecular flexibility index (Phi) is 12.6. The van der Waals surface area contributed by atoms with Gasteiger partial charge in [0.25, 0.3) is 0 Å². The van der Waals surface area contributed by atoms with E-state index in [1.165, 1.54) is 4.88 Å². The van der Waals surface area contributed by atoms with Crippen molar-refractivity contribution < 1.29 is 4.79 Å². The molecule has 1 amide bonds. The highest BCUT2D eigenvalue weighted by molar-refractivity contribution is 7.11. The fourth-order valence-corrected chi connectivity index (χ4v) is 2.40. The maximum atomic E-state index is 11.8. The normalized spacial score (nSPS) is 9.42. The molecule has 0 atom stereocenters. The molecular formula is C12H23Cl2N3OS. The lowest BCUT2D eigenvalue weighted by molar-refractivity contribution is -0.130. The fourth-order valence-electron chi connectivity index (χ4n) is 1.48. The van der Waals surface area contributed by atoms with Crippen LogP contribution < -0.4 is 5.32 Å². The van der Waals surface area contributed by atoms with E-state index in [0.717, 1.165) is 24.4 Å². The predicted octanol–water partition coefficient (Wildman–Crippen LogP) is 2.51. The van der Waals surface area contributed by atoms with Crippen molar-refractivity contribution in [2.45, 2.75) is 32.7 Å². The van der Waals surface area contributed by atoms with Gasteiger partial charge in [0.1, 0.15) is 5.01 Å². The SMILES string of the molecule is CCc1cnc(CN(C)C(=O)CCCNC)s1.Cl.Cl. The Hall–Kier alpha value is -0.360. The summed E-state index contributed by atoms with van der Waals surface area (Å²) in [5.41, 5.74) is 0. The first-order valence-corrected chi connectivity index (χ1v) is 6.81. The smallest absolute Gasteiger partial charge is 0.222 e. The number of hydrogen-bond donors (Lipinski definition) is 1. The first kappa shape index (κ1) is 20.9. The minimum Gasteiger partial charge on any atom is -0.339 e. The van der Waals surface area contributed by atoms with Gasteiger partial charge in [0.2, 0.25) is 5.91 Å². The number of aromatic nitrogens is 1. The molecule has 1 aromatic rings. The van der Waals surface area contributed by atoms with E-state index in [1.54, 1.807) is 16.2 Å². The Labute approximate surface area is 131 Å². The highest BCUT2D eigenvalue weighted by Gasteiger charge is 2.10. The van der Waals surface area contributed by atoms with Crippen LogP contribution in [0.1, 0.15) is 29.7 Å². The van der Waals surface area contributed by atoms with Gasteiger partial charge in [0.15, 0.2) is 0 Å². The number of carbonyl (C=O) groups is 1. The van der Waals surface area contributed by atoms with Gasteiger partial charge in [-0.1, -0.05) is 6.92 Å². The summed E-state index contributed by atoms with van der Waals surface area (Å²) >= 11 is 1.69. The summed E-state index contributed by atoms with van der Waals surface area (Å²) in [5.74, 6) is 0.188. The number of carbonyl (C=O) groups excluding carboxylic acids is 1. The third-order valence-corrected chi connectivity index (χ3v) is 3.69. The van der Waals surface area contributed by atoms with Crippen molar-refractivity contribution in [3.05, 3.63) is 16.1 Å². The van der Waals surface area contributed by atoms with Crippen LogP contribution in [-0.2, 0) is 17.8 Å². The van der Waals surface area contributed by atoms with Crippen LogP contribution in [0.4, 0.5) is 0 Å². The standard InChI is InChI=1S/C12H21N3OS.2ClH/c1-4-10-8-14-11(17-10)9-15(3)12(16)6-5-7-13-2;;/h8,13H,4-7,9H2,1-3H3;2*1H. The second kappa shape index (κ2) is 11.5. The van der Waals surface area contributed by atoms with Crippen LogP contribution in [0.3, 0.4) is 0 Å². The summed E-state index contributed by atoms with van der Waals surface area (Å²) in [7, 11) is 3.74. The zero-order chi connectivity index (χ0) is 12.7. The predicted molar refractivity (Wildman–Crippen MR) is 85.6 cm³/mol. The van der Waals surface area contributed by atoms with Crippen LogP contribution in [0.5, 0.6) is 0 Å². The Morgan fingerprint density at radius 2 is 2.16 bits per heavy atom. The zero-order valence-corrected chi connectivity index (χ0v) is 14.1. The average molecular weight is 328 g/mol. The zero-order valence-electron chi connectivity index (χ0n) is 11.6. The van der Waals surface area contributed by atoms with E-state index in [0.29, 0.717) is 13.0 Å². The van der Waals surface area contributed by atoms with Crippen molar-refractivity contribution in [3.8, 4) is 0 Å². The molecule has 7 heteroatoms. The molecule has 0 aliphatic carbocycles. The minimum absolute atomic E-state index is 0. The molecule has 4 nitrogen and oxygen atoms in total. The molecular weight excluding hydrogens is 305 g/mol. The number of thiazole rings is 1. The van der Waals surface area contributed by atoms with Crippen molar-refractivity contribution in [1.29, 1.82) is 0 Å². The van der Waals surface area contributed by atoms with E-state index in [-0.39, 0.29) is 30.7 Å². The number of nitrogens with zero attached hydrogens (tertiary/aromatic N) is 2.